The summed E-state index contributed by atoms with van der Waals surface area (Å²) in [4.78, 5) is 21.3. The largest absolute Gasteiger partial charge is 0.406 e. The van der Waals surface area contributed by atoms with Crippen molar-refractivity contribution in [2.75, 3.05) is 36.5 Å². The van der Waals surface area contributed by atoms with Crippen LogP contribution in [0.3, 0.4) is 0 Å². The lowest BCUT2D eigenvalue weighted by atomic mass is 10.3. The van der Waals surface area contributed by atoms with Crippen LogP contribution >= 0.6 is 11.3 Å². The fourth-order valence-electron chi connectivity index (χ4n) is 2.71. The Labute approximate surface area is 147 Å². The van der Waals surface area contributed by atoms with Crippen LogP contribution in [0.15, 0.2) is 24.5 Å². The highest BCUT2D eigenvalue weighted by molar-refractivity contribution is 7.22. The van der Waals surface area contributed by atoms with E-state index in [-0.39, 0.29) is 5.82 Å². The molecular weight excluding hydrogens is 344 g/mol. The number of nitrogens with zero attached hydrogens (tertiary/aromatic N) is 5. The Morgan fingerprint density at radius 1 is 1.36 bits per heavy atom. The number of thiazole rings is 1. The predicted molar refractivity (Wildman–Crippen MR) is 95.8 cm³/mol. The first kappa shape index (κ1) is 15.8. The Hall–Kier alpha value is -2.72. The number of anilines is 3. The molecule has 0 aliphatic carbocycles. The number of aromatic nitrogens is 3. The summed E-state index contributed by atoms with van der Waals surface area (Å²) in [5, 5.41) is 15.1. The number of nitro groups is 1. The third-order valence-electron chi connectivity index (χ3n) is 4.01. The lowest BCUT2D eigenvalue weighted by Gasteiger charge is -2.25. The van der Waals surface area contributed by atoms with Gasteiger partial charge in [0.15, 0.2) is 5.13 Å². The molecular formula is C15H16N6O3S. The van der Waals surface area contributed by atoms with E-state index in [4.69, 9.17) is 4.74 Å². The Bertz CT molecular complexity index is 931. The molecule has 1 fully saturated rings. The van der Waals surface area contributed by atoms with E-state index in [0.717, 1.165) is 34.1 Å². The molecule has 3 heterocycles. The molecule has 25 heavy (non-hydrogen) atoms. The molecule has 4 rings (SSSR count). The van der Waals surface area contributed by atoms with Gasteiger partial charge in [-0.3, -0.25) is 4.57 Å². The molecule has 1 saturated heterocycles. The topological polar surface area (TPSA) is 98.3 Å². The van der Waals surface area contributed by atoms with Crippen LogP contribution in [-0.4, -0.2) is 45.8 Å². The van der Waals surface area contributed by atoms with Crippen molar-refractivity contribution in [2.24, 2.45) is 7.05 Å². The van der Waals surface area contributed by atoms with Crippen molar-refractivity contribution in [2.45, 2.75) is 0 Å². The molecule has 9 nitrogen and oxygen atoms in total. The lowest BCUT2D eigenvalue weighted by Crippen LogP contribution is -2.36. The van der Waals surface area contributed by atoms with Crippen molar-refractivity contribution in [1.82, 2.24) is 14.5 Å². The van der Waals surface area contributed by atoms with E-state index in [2.05, 4.69) is 20.2 Å². The first-order valence-corrected chi connectivity index (χ1v) is 8.59. The summed E-state index contributed by atoms with van der Waals surface area (Å²) >= 11 is 1.61. The van der Waals surface area contributed by atoms with E-state index < -0.39 is 4.92 Å². The molecule has 0 bridgehead atoms. The van der Waals surface area contributed by atoms with Crippen molar-refractivity contribution >= 4 is 44.0 Å². The molecule has 2 aromatic heterocycles. The van der Waals surface area contributed by atoms with Crippen LogP contribution < -0.4 is 10.2 Å². The van der Waals surface area contributed by atoms with E-state index in [1.807, 2.05) is 18.2 Å². The maximum atomic E-state index is 11.1. The minimum Gasteiger partial charge on any atom is -0.378 e. The first-order valence-electron chi connectivity index (χ1n) is 7.78. The molecule has 10 heteroatoms. The van der Waals surface area contributed by atoms with Crippen molar-refractivity contribution in [3.63, 3.8) is 0 Å². The average molecular weight is 360 g/mol. The fourth-order valence-corrected chi connectivity index (χ4v) is 3.77. The van der Waals surface area contributed by atoms with Gasteiger partial charge >= 0.3 is 5.82 Å². The van der Waals surface area contributed by atoms with Gasteiger partial charge in [0.25, 0.3) is 0 Å². The van der Waals surface area contributed by atoms with Gasteiger partial charge in [-0.15, -0.1) is 0 Å². The number of nitrogens with one attached hydrogen (secondary N) is 1. The van der Waals surface area contributed by atoms with Gasteiger partial charge in [0, 0.05) is 25.8 Å². The predicted octanol–water partition coefficient (Wildman–Crippen LogP) is 2.52. The molecule has 0 saturated carbocycles. The Morgan fingerprint density at radius 2 is 2.16 bits per heavy atom. The molecule has 1 N–H and O–H groups in total. The van der Waals surface area contributed by atoms with Crippen LogP contribution in [0.2, 0.25) is 0 Å². The van der Waals surface area contributed by atoms with E-state index in [1.54, 1.807) is 23.0 Å². The SMILES string of the molecule is Cn1cnc([N+](=O)[O-])c1Nc1ccc2nc(N3CCOCC3)sc2c1. The van der Waals surface area contributed by atoms with Gasteiger partial charge < -0.3 is 25.1 Å². The molecule has 1 aliphatic rings. The van der Waals surface area contributed by atoms with Crippen LogP contribution in [0.1, 0.15) is 0 Å². The number of aryl methyl sites for hydroxylation is 1. The third-order valence-corrected chi connectivity index (χ3v) is 5.09. The van der Waals surface area contributed by atoms with Crippen molar-refractivity contribution in [3.05, 3.63) is 34.6 Å². The lowest BCUT2D eigenvalue weighted by molar-refractivity contribution is -0.388. The quantitative estimate of drug-likeness (QED) is 0.564. The van der Waals surface area contributed by atoms with Gasteiger partial charge in [0.2, 0.25) is 12.1 Å². The van der Waals surface area contributed by atoms with E-state index >= 15 is 0 Å². The van der Waals surface area contributed by atoms with Gasteiger partial charge in [-0.05, 0) is 28.1 Å². The highest BCUT2D eigenvalue weighted by atomic mass is 32.1. The summed E-state index contributed by atoms with van der Waals surface area (Å²) < 4.78 is 7.99. The summed E-state index contributed by atoms with van der Waals surface area (Å²) in [6, 6.07) is 5.73. The zero-order chi connectivity index (χ0) is 17.4. The van der Waals surface area contributed by atoms with Crippen molar-refractivity contribution < 1.29 is 9.66 Å². The maximum absolute atomic E-state index is 11.1. The second kappa shape index (κ2) is 6.30. The third kappa shape index (κ3) is 3.01. The summed E-state index contributed by atoms with van der Waals surface area (Å²) in [5.41, 5.74) is 1.67. The average Bonchev–Trinajstić information content (AvgIpc) is 3.19. The molecule has 0 atom stereocenters. The number of ether oxygens (including phenoxy) is 1. The summed E-state index contributed by atoms with van der Waals surface area (Å²) in [7, 11) is 1.71. The number of fused-ring (bicyclic) bond motifs is 1. The second-order valence-electron chi connectivity index (χ2n) is 5.69. The van der Waals surface area contributed by atoms with Gasteiger partial charge in [-0.25, -0.2) is 4.98 Å². The Kier molecular flexibility index (Phi) is 3.98. The first-order chi connectivity index (χ1) is 12.1. The Balaban J connectivity index is 1.63. The Morgan fingerprint density at radius 3 is 2.92 bits per heavy atom. The summed E-state index contributed by atoms with van der Waals surface area (Å²) in [5.74, 6) is 0.156. The molecule has 0 unspecified atom stereocenters. The second-order valence-corrected chi connectivity index (χ2v) is 6.70. The molecule has 1 aromatic carbocycles. The van der Waals surface area contributed by atoms with Crippen LogP contribution in [0.4, 0.5) is 22.5 Å². The van der Waals surface area contributed by atoms with Gasteiger partial charge in [0.05, 0.1) is 23.4 Å². The van der Waals surface area contributed by atoms with Crippen LogP contribution in [0.5, 0.6) is 0 Å². The number of imidazole rings is 1. The number of hydrogen-bond acceptors (Lipinski definition) is 8. The van der Waals surface area contributed by atoms with E-state index in [1.165, 1.54) is 6.33 Å². The zero-order valence-electron chi connectivity index (χ0n) is 13.5. The molecule has 3 aromatic rings. The fraction of sp³-hybridized carbons (Fsp3) is 0.333. The van der Waals surface area contributed by atoms with E-state index in [9.17, 15) is 10.1 Å². The zero-order valence-corrected chi connectivity index (χ0v) is 14.3. The standard InChI is InChI=1S/C15H16N6O3S/c1-19-9-16-13(21(22)23)14(19)17-10-2-3-11-12(8-10)25-15(18-11)20-4-6-24-7-5-20/h2-3,8-9,17H,4-7H2,1H3. The van der Waals surface area contributed by atoms with Gasteiger partial charge in [-0.1, -0.05) is 11.3 Å². The highest BCUT2D eigenvalue weighted by Gasteiger charge is 2.20. The van der Waals surface area contributed by atoms with Crippen molar-refractivity contribution in [1.29, 1.82) is 0 Å². The number of morpholine rings is 1. The molecule has 1 aliphatic heterocycles. The number of rotatable bonds is 4. The highest BCUT2D eigenvalue weighted by Crippen LogP contribution is 2.33. The summed E-state index contributed by atoms with van der Waals surface area (Å²) in [6.07, 6.45) is 1.42. The number of hydrogen-bond donors (Lipinski definition) is 1. The maximum Gasteiger partial charge on any atom is 0.406 e. The minimum absolute atomic E-state index is 0.194. The monoisotopic (exact) mass is 360 g/mol. The van der Waals surface area contributed by atoms with Gasteiger partial charge in [0.1, 0.15) is 0 Å². The van der Waals surface area contributed by atoms with Crippen LogP contribution in [0, 0.1) is 10.1 Å². The van der Waals surface area contributed by atoms with E-state index in [0.29, 0.717) is 19.0 Å². The molecule has 130 valence electrons. The normalized spacial score (nSPS) is 14.8. The van der Waals surface area contributed by atoms with Gasteiger partial charge in [-0.2, -0.15) is 0 Å². The van der Waals surface area contributed by atoms with Crippen molar-refractivity contribution in [3.8, 4) is 0 Å². The van der Waals surface area contributed by atoms with Crippen LogP contribution in [-0.2, 0) is 11.8 Å². The molecule has 0 spiro atoms. The number of benzene rings is 1. The van der Waals surface area contributed by atoms with Crippen LogP contribution in [0.25, 0.3) is 10.2 Å². The smallest absolute Gasteiger partial charge is 0.378 e. The molecule has 0 radical (unpaired) electrons. The summed E-state index contributed by atoms with van der Waals surface area (Å²) in [6.45, 7) is 3.11. The molecule has 0 amide bonds. The minimum atomic E-state index is -0.496.